The Morgan fingerprint density at radius 3 is 1.39 bits per heavy atom. The van der Waals surface area contributed by atoms with E-state index in [4.69, 9.17) is 0 Å². The van der Waals surface area contributed by atoms with Gasteiger partial charge in [-0.05, 0) is 0 Å². The normalized spacial score (nSPS) is 17.0. The van der Waals surface area contributed by atoms with E-state index in [1.165, 1.54) is 0 Å². The third-order valence-corrected chi connectivity index (χ3v) is 2.50. The van der Waals surface area contributed by atoms with E-state index in [1.807, 2.05) is 0 Å². The number of ether oxygens (including phenoxy) is 1. The summed E-state index contributed by atoms with van der Waals surface area (Å²) in [4.78, 5) is 0. The number of halogens is 11. The second-order valence-corrected chi connectivity index (χ2v) is 4.15. The highest BCUT2D eigenvalue weighted by molar-refractivity contribution is 5.22. The second kappa shape index (κ2) is 5.49. The van der Waals surface area contributed by atoms with E-state index in [-0.39, 0.29) is 12.1 Å². The van der Waals surface area contributed by atoms with Crippen molar-refractivity contribution in [3.8, 4) is 0 Å². The monoisotopic (exact) mass is 362 g/mol. The predicted molar refractivity (Wildman–Crippen MR) is 52.3 cm³/mol. The first-order valence-electron chi connectivity index (χ1n) is 5.40. The quantitative estimate of drug-likeness (QED) is 0.671. The third-order valence-electron chi connectivity index (χ3n) is 2.50. The summed E-state index contributed by atoms with van der Waals surface area (Å²) in [7, 11) is 0. The van der Waals surface area contributed by atoms with Crippen LogP contribution in [0.15, 0.2) is 30.3 Å². The van der Waals surface area contributed by atoms with Crippen molar-refractivity contribution in [1.82, 2.24) is 0 Å². The Hall–Kier alpha value is -1.59. The lowest BCUT2D eigenvalue weighted by Gasteiger charge is -2.35. The maximum atomic E-state index is 13.9. The van der Waals surface area contributed by atoms with E-state index in [1.54, 1.807) is 0 Å². The molecule has 0 bridgehead atoms. The average Bonchev–Trinajstić information content (AvgIpc) is 2.36. The van der Waals surface area contributed by atoms with Crippen LogP contribution < -0.4 is 0 Å². The van der Waals surface area contributed by atoms with Crippen LogP contribution in [0.5, 0.6) is 0 Å². The van der Waals surface area contributed by atoms with Gasteiger partial charge in [-0.3, -0.25) is 4.74 Å². The van der Waals surface area contributed by atoms with Crippen LogP contribution >= 0.6 is 0 Å². The smallest absolute Gasteiger partial charge is 0.266 e. The van der Waals surface area contributed by atoms with Gasteiger partial charge in [0.2, 0.25) is 0 Å². The van der Waals surface area contributed by atoms with E-state index in [9.17, 15) is 48.3 Å². The lowest BCUT2D eigenvalue weighted by molar-refractivity contribution is -0.488. The van der Waals surface area contributed by atoms with Gasteiger partial charge in [0.1, 0.15) is 0 Å². The molecule has 0 saturated heterocycles. The molecule has 1 nitrogen and oxygen atoms in total. The molecule has 0 aliphatic carbocycles. The lowest BCUT2D eigenvalue weighted by atomic mass is 10.1. The summed E-state index contributed by atoms with van der Waals surface area (Å²) in [6.07, 6.45) is -20.2. The zero-order chi connectivity index (χ0) is 18.3. The van der Waals surface area contributed by atoms with Gasteiger partial charge in [-0.15, -0.1) is 0 Å². The van der Waals surface area contributed by atoms with Crippen LogP contribution in [0.4, 0.5) is 48.3 Å². The Labute approximate surface area is 120 Å². The van der Waals surface area contributed by atoms with Crippen molar-refractivity contribution in [2.45, 2.75) is 30.2 Å². The number of rotatable bonds is 4. The Kier molecular flexibility index (Phi) is 4.65. The molecule has 23 heavy (non-hydrogen) atoms. The molecule has 1 rings (SSSR count). The van der Waals surface area contributed by atoms with Gasteiger partial charge in [-0.1, -0.05) is 30.3 Å². The zero-order valence-electron chi connectivity index (χ0n) is 10.5. The first kappa shape index (κ1) is 19.5. The fourth-order valence-corrected chi connectivity index (χ4v) is 1.34. The molecule has 0 aliphatic rings. The molecule has 0 heterocycles. The minimum atomic E-state index is -7.06. The van der Waals surface area contributed by atoms with E-state index in [0.717, 1.165) is 6.07 Å². The Morgan fingerprint density at radius 2 is 1.04 bits per heavy atom. The third kappa shape index (κ3) is 3.35. The van der Waals surface area contributed by atoms with Crippen LogP contribution in [-0.4, -0.2) is 24.4 Å². The average molecular weight is 362 g/mol. The Morgan fingerprint density at radius 1 is 0.609 bits per heavy atom. The van der Waals surface area contributed by atoms with Gasteiger partial charge in [0, 0.05) is 5.56 Å². The van der Waals surface area contributed by atoms with Crippen LogP contribution in [0.25, 0.3) is 0 Å². The number of hydrogen-bond donors (Lipinski definition) is 0. The van der Waals surface area contributed by atoms with Crippen LogP contribution in [0.3, 0.4) is 0 Å². The molecule has 0 N–H and O–H groups in total. The first-order chi connectivity index (χ1) is 10.1. The molecule has 0 amide bonds. The van der Waals surface area contributed by atoms with Crippen LogP contribution in [-0.2, 0) is 10.6 Å². The van der Waals surface area contributed by atoms with Crippen molar-refractivity contribution in [3.05, 3.63) is 35.9 Å². The highest BCUT2D eigenvalue weighted by Crippen LogP contribution is 2.53. The summed E-state index contributed by atoms with van der Waals surface area (Å²) >= 11 is 0. The van der Waals surface area contributed by atoms with Gasteiger partial charge in [0.25, 0.3) is 0 Å². The molecule has 1 atom stereocenters. The molecule has 0 fully saturated rings. The Bertz CT molecular complexity index is 533. The summed E-state index contributed by atoms with van der Waals surface area (Å²) in [5.74, 6) is -12.6. The Balaban J connectivity index is 3.39. The van der Waals surface area contributed by atoms with Gasteiger partial charge >= 0.3 is 30.2 Å². The highest BCUT2D eigenvalue weighted by Gasteiger charge is 2.78. The van der Waals surface area contributed by atoms with Gasteiger partial charge in [0.15, 0.2) is 0 Å². The van der Waals surface area contributed by atoms with Crippen LogP contribution in [0.1, 0.15) is 5.56 Å². The largest absolute Gasteiger partial charge is 0.462 e. The molecule has 132 valence electrons. The van der Waals surface area contributed by atoms with E-state index >= 15 is 0 Å². The number of hydrogen-bond acceptors (Lipinski definition) is 1. The summed E-state index contributed by atoms with van der Waals surface area (Å²) in [6.45, 7) is 0. The molecular formula is C11H5F11O. The molecule has 0 aromatic heterocycles. The standard InChI is InChI=1S/C11H5F11O/c12-7(9(15,16)17,6-4-2-1-3-5-6)23-11(21,22)8(13,14)10(18,19)20/h1-5H. The maximum absolute atomic E-state index is 13.9. The van der Waals surface area contributed by atoms with Crippen molar-refractivity contribution in [2.75, 3.05) is 0 Å². The minimum absolute atomic E-state index is 0.231. The molecule has 1 aromatic rings. The molecule has 1 aromatic carbocycles. The minimum Gasteiger partial charge on any atom is -0.266 e. The summed E-state index contributed by atoms with van der Waals surface area (Å²) in [6, 6.07) is 2.89. The summed E-state index contributed by atoms with van der Waals surface area (Å²) in [5.41, 5.74) is -1.73. The van der Waals surface area contributed by atoms with Crippen molar-refractivity contribution in [2.24, 2.45) is 0 Å². The zero-order valence-corrected chi connectivity index (χ0v) is 10.5. The van der Waals surface area contributed by atoms with E-state index in [2.05, 4.69) is 4.74 Å². The van der Waals surface area contributed by atoms with Crippen molar-refractivity contribution in [3.63, 3.8) is 0 Å². The topological polar surface area (TPSA) is 9.23 Å². The van der Waals surface area contributed by atoms with E-state index < -0.39 is 35.8 Å². The maximum Gasteiger partial charge on any atom is 0.462 e. The van der Waals surface area contributed by atoms with E-state index in [0.29, 0.717) is 12.1 Å². The van der Waals surface area contributed by atoms with Gasteiger partial charge in [-0.2, -0.15) is 48.3 Å². The van der Waals surface area contributed by atoms with Gasteiger partial charge < -0.3 is 0 Å². The lowest BCUT2D eigenvalue weighted by Crippen LogP contribution is -2.58. The molecule has 1 unspecified atom stereocenters. The number of alkyl halides is 11. The molecule has 0 saturated carbocycles. The predicted octanol–water partition coefficient (Wildman–Crippen LogP) is 5.18. The SMILES string of the molecule is FC(F)(F)C(F)(OC(F)(F)C(F)(F)C(F)(F)F)c1ccccc1. The molecular weight excluding hydrogens is 357 g/mol. The molecule has 12 heteroatoms. The first-order valence-corrected chi connectivity index (χ1v) is 5.40. The second-order valence-electron chi connectivity index (χ2n) is 4.15. The van der Waals surface area contributed by atoms with Crippen molar-refractivity contribution < 1.29 is 53.0 Å². The molecule has 0 radical (unpaired) electrons. The fraction of sp³-hybridized carbons (Fsp3) is 0.455. The van der Waals surface area contributed by atoms with Gasteiger partial charge in [0.05, 0.1) is 0 Å². The molecule has 0 spiro atoms. The van der Waals surface area contributed by atoms with Crippen LogP contribution in [0, 0.1) is 0 Å². The highest BCUT2D eigenvalue weighted by atomic mass is 19.4. The molecule has 0 aliphatic heterocycles. The fourth-order valence-electron chi connectivity index (χ4n) is 1.34. The summed E-state index contributed by atoms with van der Waals surface area (Å²) < 4.78 is 141. The van der Waals surface area contributed by atoms with Crippen molar-refractivity contribution >= 4 is 0 Å². The van der Waals surface area contributed by atoms with Gasteiger partial charge in [-0.25, -0.2) is 0 Å². The number of benzene rings is 1. The summed E-state index contributed by atoms with van der Waals surface area (Å²) in [5, 5.41) is 0. The van der Waals surface area contributed by atoms with Crippen molar-refractivity contribution in [1.29, 1.82) is 0 Å². The van der Waals surface area contributed by atoms with Crippen LogP contribution in [0.2, 0.25) is 0 Å².